The van der Waals surface area contributed by atoms with Gasteiger partial charge in [0.05, 0.1) is 11.8 Å². The fraction of sp³-hybridized carbons (Fsp3) is 0.769. The van der Waals surface area contributed by atoms with Gasteiger partial charge in [0.2, 0.25) is 0 Å². The standard InChI is InChI=1S/C13H23N3O2S/c1-11(10-16-8-4-7-14-16)15-12-5-3-6-13(9-12)19(2,17)18/h4,7-8,11-13,15H,3,5-6,9-10H2,1-2H3. The number of sulfone groups is 1. The smallest absolute Gasteiger partial charge is 0.150 e. The molecule has 0 bridgehead atoms. The van der Waals surface area contributed by atoms with Crippen LogP contribution in [-0.2, 0) is 16.4 Å². The van der Waals surface area contributed by atoms with Crippen LogP contribution in [0.5, 0.6) is 0 Å². The van der Waals surface area contributed by atoms with E-state index in [9.17, 15) is 8.42 Å². The molecule has 0 saturated heterocycles. The molecule has 1 aliphatic carbocycles. The van der Waals surface area contributed by atoms with Crippen molar-refractivity contribution in [1.82, 2.24) is 15.1 Å². The highest BCUT2D eigenvalue weighted by Crippen LogP contribution is 2.24. The highest BCUT2D eigenvalue weighted by Gasteiger charge is 2.29. The van der Waals surface area contributed by atoms with Gasteiger partial charge < -0.3 is 5.32 Å². The maximum absolute atomic E-state index is 11.6. The van der Waals surface area contributed by atoms with E-state index in [4.69, 9.17) is 0 Å². The average Bonchev–Trinajstić information content (AvgIpc) is 2.80. The van der Waals surface area contributed by atoms with E-state index in [1.54, 1.807) is 6.20 Å². The first-order valence-electron chi connectivity index (χ1n) is 6.87. The molecule has 1 aliphatic rings. The van der Waals surface area contributed by atoms with E-state index >= 15 is 0 Å². The summed E-state index contributed by atoms with van der Waals surface area (Å²) in [5.41, 5.74) is 0. The molecular formula is C13H23N3O2S. The van der Waals surface area contributed by atoms with Crippen LogP contribution < -0.4 is 5.32 Å². The predicted molar refractivity (Wildman–Crippen MR) is 75.7 cm³/mol. The van der Waals surface area contributed by atoms with Crippen molar-refractivity contribution in [3.63, 3.8) is 0 Å². The Labute approximate surface area is 115 Å². The number of nitrogens with zero attached hydrogens (tertiary/aromatic N) is 2. The van der Waals surface area contributed by atoms with Crippen LogP contribution in [0.2, 0.25) is 0 Å². The molecule has 3 unspecified atom stereocenters. The summed E-state index contributed by atoms with van der Waals surface area (Å²) in [4.78, 5) is 0. The zero-order chi connectivity index (χ0) is 13.9. The van der Waals surface area contributed by atoms with Gasteiger partial charge in [0.25, 0.3) is 0 Å². The van der Waals surface area contributed by atoms with Crippen LogP contribution in [0.25, 0.3) is 0 Å². The second-order valence-electron chi connectivity index (χ2n) is 5.61. The Morgan fingerprint density at radius 2 is 2.26 bits per heavy atom. The summed E-state index contributed by atoms with van der Waals surface area (Å²) in [6.45, 7) is 2.93. The first-order valence-corrected chi connectivity index (χ1v) is 8.83. The molecule has 5 nitrogen and oxygen atoms in total. The zero-order valence-electron chi connectivity index (χ0n) is 11.6. The fourth-order valence-corrected chi connectivity index (χ4v) is 4.01. The highest BCUT2D eigenvalue weighted by molar-refractivity contribution is 7.91. The van der Waals surface area contributed by atoms with Gasteiger partial charge in [-0.3, -0.25) is 4.68 Å². The van der Waals surface area contributed by atoms with Gasteiger partial charge >= 0.3 is 0 Å². The molecule has 108 valence electrons. The normalized spacial score (nSPS) is 26.2. The number of nitrogens with one attached hydrogen (secondary N) is 1. The Hall–Kier alpha value is -0.880. The lowest BCUT2D eigenvalue weighted by atomic mass is 9.94. The summed E-state index contributed by atoms with van der Waals surface area (Å²) >= 11 is 0. The fourth-order valence-electron chi connectivity index (χ4n) is 2.83. The van der Waals surface area contributed by atoms with Crippen molar-refractivity contribution in [3.8, 4) is 0 Å². The molecule has 3 atom stereocenters. The maximum atomic E-state index is 11.6. The molecule has 2 rings (SSSR count). The molecule has 1 heterocycles. The SMILES string of the molecule is CC(Cn1cccn1)NC1CCCC(S(C)(=O)=O)C1. The van der Waals surface area contributed by atoms with Crippen LogP contribution in [0.3, 0.4) is 0 Å². The van der Waals surface area contributed by atoms with Crippen LogP contribution in [0.15, 0.2) is 18.5 Å². The van der Waals surface area contributed by atoms with Gasteiger partial charge in [-0.1, -0.05) is 6.42 Å². The molecule has 6 heteroatoms. The molecule has 1 saturated carbocycles. The van der Waals surface area contributed by atoms with Gasteiger partial charge in [-0.15, -0.1) is 0 Å². The van der Waals surface area contributed by atoms with Crippen molar-refractivity contribution in [1.29, 1.82) is 0 Å². The molecule has 0 spiro atoms. The molecular weight excluding hydrogens is 262 g/mol. The summed E-state index contributed by atoms with van der Waals surface area (Å²) in [5.74, 6) is 0. The van der Waals surface area contributed by atoms with E-state index in [2.05, 4.69) is 17.3 Å². The molecule has 0 aliphatic heterocycles. The first-order chi connectivity index (χ1) is 8.95. The van der Waals surface area contributed by atoms with Crippen molar-refractivity contribution in [2.75, 3.05) is 6.26 Å². The summed E-state index contributed by atoms with van der Waals surface area (Å²) in [7, 11) is -2.90. The van der Waals surface area contributed by atoms with Crippen molar-refractivity contribution in [2.45, 2.75) is 56.5 Å². The van der Waals surface area contributed by atoms with Gasteiger partial charge in [0.1, 0.15) is 9.84 Å². The molecule has 0 radical (unpaired) electrons. The van der Waals surface area contributed by atoms with Crippen molar-refractivity contribution in [3.05, 3.63) is 18.5 Å². The number of hydrogen-bond acceptors (Lipinski definition) is 4. The largest absolute Gasteiger partial charge is 0.310 e. The lowest BCUT2D eigenvalue weighted by Gasteiger charge is -2.31. The molecule has 1 aromatic rings. The maximum Gasteiger partial charge on any atom is 0.150 e. The first kappa shape index (κ1) is 14.5. The van der Waals surface area contributed by atoms with Gasteiger partial charge in [-0.2, -0.15) is 5.10 Å². The highest BCUT2D eigenvalue weighted by atomic mass is 32.2. The molecule has 19 heavy (non-hydrogen) atoms. The minimum Gasteiger partial charge on any atom is -0.310 e. The van der Waals surface area contributed by atoms with Gasteiger partial charge in [0.15, 0.2) is 0 Å². The Bertz CT molecular complexity index is 484. The third-order valence-corrected chi connectivity index (χ3v) is 5.41. The van der Waals surface area contributed by atoms with Gasteiger partial charge in [-0.05, 0) is 32.3 Å². The molecule has 0 aromatic carbocycles. The van der Waals surface area contributed by atoms with E-state index in [-0.39, 0.29) is 5.25 Å². The van der Waals surface area contributed by atoms with Crippen molar-refractivity contribution >= 4 is 9.84 Å². The quantitative estimate of drug-likeness (QED) is 0.883. The Morgan fingerprint density at radius 3 is 2.89 bits per heavy atom. The number of rotatable bonds is 5. The molecule has 0 amide bonds. The van der Waals surface area contributed by atoms with E-state index in [1.807, 2.05) is 16.9 Å². The predicted octanol–water partition coefficient (Wildman–Crippen LogP) is 1.22. The number of hydrogen-bond donors (Lipinski definition) is 1. The average molecular weight is 285 g/mol. The van der Waals surface area contributed by atoms with E-state index in [1.165, 1.54) is 6.26 Å². The van der Waals surface area contributed by atoms with Crippen LogP contribution in [0.4, 0.5) is 0 Å². The minimum atomic E-state index is -2.90. The molecule has 1 aromatic heterocycles. The van der Waals surface area contributed by atoms with E-state index in [0.717, 1.165) is 32.2 Å². The lowest BCUT2D eigenvalue weighted by molar-refractivity contribution is 0.323. The van der Waals surface area contributed by atoms with Crippen LogP contribution in [0.1, 0.15) is 32.6 Å². The summed E-state index contributed by atoms with van der Waals surface area (Å²) in [5, 5.41) is 7.55. The summed E-state index contributed by atoms with van der Waals surface area (Å²) < 4.78 is 25.2. The van der Waals surface area contributed by atoms with Crippen molar-refractivity contribution < 1.29 is 8.42 Å². The van der Waals surface area contributed by atoms with Gasteiger partial charge in [0, 0.05) is 30.7 Å². The topological polar surface area (TPSA) is 64.0 Å². The van der Waals surface area contributed by atoms with Crippen molar-refractivity contribution in [2.24, 2.45) is 0 Å². The monoisotopic (exact) mass is 285 g/mol. The third-order valence-electron chi connectivity index (χ3n) is 3.77. The van der Waals surface area contributed by atoms with Crippen LogP contribution >= 0.6 is 0 Å². The third kappa shape index (κ3) is 4.31. The van der Waals surface area contributed by atoms with E-state index in [0.29, 0.717) is 12.1 Å². The molecule has 1 N–H and O–H groups in total. The summed E-state index contributed by atoms with van der Waals surface area (Å²) in [6, 6.07) is 2.51. The van der Waals surface area contributed by atoms with Crippen LogP contribution in [-0.4, -0.2) is 41.8 Å². The summed E-state index contributed by atoms with van der Waals surface area (Å²) in [6.07, 6.45) is 8.67. The van der Waals surface area contributed by atoms with Gasteiger partial charge in [-0.25, -0.2) is 8.42 Å². The second-order valence-corrected chi connectivity index (χ2v) is 7.94. The Morgan fingerprint density at radius 1 is 1.47 bits per heavy atom. The number of aromatic nitrogens is 2. The lowest BCUT2D eigenvalue weighted by Crippen LogP contribution is -2.44. The minimum absolute atomic E-state index is 0.171. The Kier molecular flexibility index (Phi) is 4.62. The van der Waals surface area contributed by atoms with Crippen LogP contribution in [0, 0.1) is 0 Å². The Balaban J connectivity index is 1.85. The molecule has 1 fully saturated rings. The second kappa shape index (κ2) is 6.05. The zero-order valence-corrected chi connectivity index (χ0v) is 12.4. The van der Waals surface area contributed by atoms with E-state index < -0.39 is 9.84 Å².